The van der Waals surface area contributed by atoms with Crippen LogP contribution in [0.1, 0.15) is 30.9 Å². The molecule has 0 radical (unpaired) electrons. The number of aryl methyl sites for hydroxylation is 1. The van der Waals surface area contributed by atoms with Crippen molar-refractivity contribution in [3.05, 3.63) is 40.5 Å². The summed E-state index contributed by atoms with van der Waals surface area (Å²) in [6.45, 7) is 3.91. The van der Waals surface area contributed by atoms with Crippen molar-refractivity contribution in [2.24, 2.45) is 0 Å². The third kappa shape index (κ3) is 2.71. The van der Waals surface area contributed by atoms with Crippen molar-refractivity contribution < 1.29 is 9.53 Å². The minimum atomic E-state index is -0.361. The maximum atomic E-state index is 11.7. The first-order chi connectivity index (χ1) is 9.06. The first kappa shape index (κ1) is 13.8. The second kappa shape index (κ2) is 5.57. The summed E-state index contributed by atoms with van der Waals surface area (Å²) in [7, 11) is 1.39. The van der Waals surface area contributed by atoms with E-state index in [4.69, 9.17) is 16.3 Å². The third-order valence-electron chi connectivity index (χ3n) is 3.30. The highest BCUT2D eigenvalue weighted by Crippen LogP contribution is 2.29. The summed E-state index contributed by atoms with van der Waals surface area (Å²) < 4.78 is 4.81. The second-order valence-electron chi connectivity index (χ2n) is 4.48. The number of aromatic nitrogens is 1. The van der Waals surface area contributed by atoms with E-state index in [1.807, 2.05) is 19.1 Å². The van der Waals surface area contributed by atoms with Gasteiger partial charge in [0, 0.05) is 5.39 Å². The lowest BCUT2D eigenvalue weighted by molar-refractivity contribution is -0.141. The van der Waals surface area contributed by atoms with E-state index in [0.717, 1.165) is 22.9 Å². The third-order valence-corrected chi connectivity index (χ3v) is 3.50. The maximum absolute atomic E-state index is 11.7. The number of carbonyl (C=O) groups is 1. The molecule has 0 aliphatic rings. The fraction of sp³-hybridized carbons (Fsp3) is 0.333. The van der Waals surface area contributed by atoms with Crippen molar-refractivity contribution in [2.75, 3.05) is 7.11 Å². The van der Waals surface area contributed by atoms with Gasteiger partial charge >= 0.3 is 5.97 Å². The van der Waals surface area contributed by atoms with Crippen molar-refractivity contribution in [1.29, 1.82) is 0 Å². The molecule has 1 unspecified atom stereocenters. The molecule has 0 aliphatic carbocycles. The van der Waals surface area contributed by atoms with Crippen molar-refractivity contribution in [1.82, 2.24) is 4.98 Å². The van der Waals surface area contributed by atoms with Gasteiger partial charge in [0.15, 0.2) is 0 Å². The predicted octanol–water partition coefficient (Wildman–Crippen LogP) is 3.73. The van der Waals surface area contributed by atoms with Gasteiger partial charge in [-0.25, -0.2) is 4.98 Å². The summed E-state index contributed by atoms with van der Waals surface area (Å²) >= 11 is 6.03. The molecule has 1 heterocycles. The number of carbonyl (C=O) groups excluding carboxylic acids is 1. The van der Waals surface area contributed by atoms with Gasteiger partial charge in [-0.1, -0.05) is 24.6 Å². The highest BCUT2D eigenvalue weighted by molar-refractivity contribution is 6.30. The SMILES string of the molecule is CCc1ccc2nc(Cl)cc(C(C)C(=O)OC)c2c1. The van der Waals surface area contributed by atoms with Crippen LogP contribution in [0.4, 0.5) is 0 Å². The van der Waals surface area contributed by atoms with E-state index in [-0.39, 0.29) is 11.9 Å². The Kier molecular flexibility index (Phi) is 4.05. The number of hydrogen-bond donors (Lipinski definition) is 0. The molecule has 4 heteroatoms. The van der Waals surface area contributed by atoms with Gasteiger partial charge in [0.05, 0.1) is 18.5 Å². The first-order valence-corrected chi connectivity index (χ1v) is 6.61. The molecule has 1 atom stereocenters. The maximum Gasteiger partial charge on any atom is 0.312 e. The van der Waals surface area contributed by atoms with Gasteiger partial charge in [0.1, 0.15) is 5.15 Å². The van der Waals surface area contributed by atoms with E-state index in [9.17, 15) is 4.79 Å². The number of benzene rings is 1. The normalized spacial score (nSPS) is 12.4. The number of nitrogens with zero attached hydrogens (tertiary/aromatic N) is 1. The van der Waals surface area contributed by atoms with E-state index in [2.05, 4.69) is 18.0 Å². The molecule has 3 nitrogen and oxygen atoms in total. The van der Waals surface area contributed by atoms with Crippen molar-refractivity contribution in [3.63, 3.8) is 0 Å². The number of ether oxygens (including phenoxy) is 1. The van der Waals surface area contributed by atoms with Crippen LogP contribution in [0.15, 0.2) is 24.3 Å². The Morgan fingerprint density at radius 3 is 2.79 bits per heavy atom. The molecular formula is C15H16ClNO2. The second-order valence-corrected chi connectivity index (χ2v) is 4.87. The molecule has 19 heavy (non-hydrogen) atoms. The zero-order valence-corrected chi connectivity index (χ0v) is 12.0. The monoisotopic (exact) mass is 277 g/mol. The molecule has 1 aromatic carbocycles. The van der Waals surface area contributed by atoms with Gasteiger partial charge in [-0.3, -0.25) is 4.79 Å². The summed E-state index contributed by atoms with van der Waals surface area (Å²) in [6.07, 6.45) is 0.935. The molecule has 0 amide bonds. The van der Waals surface area contributed by atoms with Crippen LogP contribution >= 0.6 is 11.6 Å². The van der Waals surface area contributed by atoms with Crippen LogP contribution in [0, 0.1) is 0 Å². The van der Waals surface area contributed by atoms with E-state index in [0.29, 0.717) is 5.15 Å². The van der Waals surface area contributed by atoms with E-state index < -0.39 is 0 Å². The van der Waals surface area contributed by atoms with Gasteiger partial charge < -0.3 is 4.74 Å². The Hall–Kier alpha value is -1.61. The van der Waals surface area contributed by atoms with Crippen molar-refractivity contribution in [2.45, 2.75) is 26.2 Å². The average Bonchev–Trinajstić information content (AvgIpc) is 2.44. The molecule has 2 rings (SSSR count). The quantitative estimate of drug-likeness (QED) is 0.634. The van der Waals surface area contributed by atoms with Gasteiger partial charge in [-0.15, -0.1) is 0 Å². The predicted molar refractivity (Wildman–Crippen MR) is 76.6 cm³/mol. The van der Waals surface area contributed by atoms with Crippen LogP contribution in [0.3, 0.4) is 0 Å². The molecule has 0 saturated carbocycles. The van der Waals surface area contributed by atoms with Crippen LogP contribution < -0.4 is 0 Å². The minimum absolute atomic E-state index is 0.273. The summed E-state index contributed by atoms with van der Waals surface area (Å²) in [4.78, 5) is 16.0. The van der Waals surface area contributed by atoms with Crippen LogP contribution in [0.25, 0.3) is 10.9 Å². The number of methoxy groups -OCH3 is 1. The average molecular weight is 278 g/mol. The summed E-state index contributed by atoms with van der Waals surface area (Å²) in [6, 6.07) is 7.77. The summed E-state index contributed by atoms with van der Waals surface area (Å²) in [5.74, 6) is -0.634. The Labute approximate surface area is 117 Å². The van der Waals surface area contributed by atoms with Gasteiger partial charge in [0.25, 0.3) is 0 Å². The summed E-state index contributed by atoms with van der Waals surface area (Å²) in [5, 5.41) is 1.35. The highest BCUT2D eigenvalue weighted by atomic mass is 35.5. The van der Waals surface area contributed by atoms with Crippen LogP contribution in [-0.4, -0.2) is 18.1 Å². The molecule has 0 aliphatic heterocycles. The van der Waals surface area contributed by atoms with E-state index >= 15 is 0 Å². The van der Waals surface area contributed by atoms with Crippen molar-refractivity contribution in [3.8, 4) is 0 Å². The number of pyridine rings is 1. The summed E-state index contributed by atoms with van der Waals surface area (Å²) in [5.41, 5.74) is 2.86. The topological polar surface area (TPSA) is 39.2 Å². The number of fused-ring (bicyclic) bond motifs is 1. The van der Waals surface area contributed by atoms with E-state index in [1.165, 1.54) is 12.7 Å². The van der Waals surface area contributed by atoms with Crippen LogP contribution in [-0.2, 0) is 16.0 Å². The first-order valence-electron chi connectivity index (χ1n) is 6.23. The zero-order valence-electron chi connectivity index (χ0n) is 11.2. The van der Waals surface area contributed by atoms with Gasteiger partial charge in [0.2, 0.25) is 0 Å². The van der Waals surface area contributed by atoms with Gasteiger partial charge in [-0.05, 0) is 42.7 Å². The number of hydrogen-bond acceptors (Lipinski definition) is 3. The van der Waals surface area contributed by atoms with E-state index in [1.54, 1.807) is 6.07 Å². The Balaban J connectivity index is 2.66. The van der Waals surface area contributed by atoms with Crippen molar-refractivity contribution >= 4 is 28.5 Å². The van der Waals surface area contributed by atoms with Gasteiger partial charge in [-0.2, -0.15) is 0 Å². The fourth-order valence-corrected chi connectivity index (χ4v) is 2.36. The number of esters is 1. The minimum Gasteiger partial charge on any atom is -0.469 e. The molecule has 1 aromatic heterocycles. The standard InChI is InChI=1S/C15H16ClNO2/c1-4-10-5-6-13-12(7-10)11(8-14(16)17-13)9(2)15(18)19-3/h5-9H,4H2,1-3H3. The molecule has 0 spiro atoms. The van der Waals surface area contributed by atoms with Crippen LogP contribution in [0.2, 0.25) is 5.15 Å². The fourth-order valence-electron chi connectivity index (χ4n) is 2.15. The Morgan fingerprint density at radius 2 is 2.16 bits per heavy atom. The Bertz CT molecular complexity index is 625. The Morgan fingerprint density at radius 1 is 1.42 bits per heavy atom. The molecule has 0 saturated heterocycles. The molecule has 0 fully saturated rings. The largest absolute Gasteiger partial charge is 0.469 e. The zero-order chi connectivity index (χ0) is 14.0. The molecule has 2 aromatic rings. The lowest BCUT2D eigenvalue weighted by Crippen LogP contribution is -2.11. The molecule has 100 valence electrons. The lowest BCUT2D eigenvalue weighted by atomic mass is 9.96. The number of halogens is 1. The highest BCUT2D eigenvalue weighted by Gasteiger charge is 2.19. The molecule has 0 N–H and O–H groups in total. The number of rotatable bonds is 3. The lowest BCUT2D eigenvalue weighted by Gasteiger charge is -2.13. The van der Waals surface area contributed by atoms with Crippen LogP contribution in [0.5, 0.6) is 0 Å². The smallest absolute Gasteiger partial charge is 0.312 e. The molecular weight excluding hydrogens is 262 g/mol. The molecule has 0 bridgehead atoms.